The van der Waals surface area contributed by atoms with Gasteiger partial charge >= 0.3 is 12.1 Å². The quantitative estimate of drug-likeness (QED) is 0.766. The van der Waals surface area contributed by atoms with E-state index in [1.54, 1.807) is 30.0 Å². The monoisotopic (exact) mass is 374 g/mol. The number of carbonyl (C=O) groups excluding carboxylic acids is 3. The molecule has 0 bridgehead atoms. The zero-order valence-corrected chi connectivity index (χ0v) is 15.1. The first-order chi connectivity index (χ1) is 13.1. The number of carbonyl (C=O) groups is 3. The van der Waals surface area contributed by atoms with Crippen molar-refractivity contribution < 1.29 is 23.9 Å². The number of aromatic amines is 1. The van der Waals surface area contributed by atoms with Gasteiger partial charge in [-0.3, -0.25) is 9.89 Å². The number of benzene rings is 1. The number of esters is 1. The number of rotatable bonds is 5. The molecule has 0 saturated carbocycles. The number of amides is 2. The van der Waals surface area contributed by atoms with E-state index in [4.69, 9.17) is 9.47 Å². The van der Waals surface area contributed by atoms with Gasteiger partial charge < -0.3 is 19.7 Å². The van der Waals surface area contributed by atoms with Crippen LogP contribution in [0.2, 0.25) is 0 Å². The van der Waals surface area contributed by atoms with Gasteiger partial charge in [-0.05, 0) is 25.8 Å². The second-order valence-corrected chi connectivity index (χ2v) is 6.22. The van der Waals surface area contributed by atoms with Crippen LogP contribution in [0.5, 0.6) is 0 Å². The van der Waals surface area contributed by atoms with E-state index in [1.807, 2.05) is 6.07 Å². The Morgan fingerprint density at radius 2 is 1.96 bits per heavy atom. The number of H-pyrrole nitrogens is 1. The number of hydrogen-bond acceptors (Lipinski definition) is 6. The molecule has 2 N–H and O–H groups in total. The summed E-state index contributed by atoms with van der Waals surface area (Å²) in [5.74, 6) is -1.03. The minimum absolute atomic E-state index is 0.0620. The Bertz CT molecular complexity index is 826. The molecule has 1 aromatic heterocycles. The van der Waals surface area contributed by atoms with E-state index in [0.717, 1.165) is 5.52 Å². The average Bonchev–Trinajstić information content (AvgIpc) is 3.11. The van der Waals surface area contributed by atoms with Gasteiger partial charge in [0.05, 0.1) is 12.1 Å². The molecule has 9 heteroatoms. The lowest BCUT2D eigenvalue weighted by molar-refractivity contribution is -0.125. The Kier molecular flexibility index (Phi) is 5.90. The third-order valence-electron chi connectivity index (χ3n) is 4.38. The van der Waals surface area contributed by atoms with Crippen molar-refractivity contribution >= 4 is 28.9 Å². The maximum atomic E-state index is 12.2. The maximum Gasteiger partial charge on any atom is 0.409 e. The first-order valence-electron chi connectivity index (χ1n) is 8.89. The maximum absolute atomic E-state index is 12.2. The van der Waals surface area contributed by atoms with Crippen molar-refractivity contribution in [2.75, 3.05) is 26.3 Å². The number of piperidine rings is 1. The second kappa shape index (κ2) is 8.52. The number of ether oxygens (including phenoxy) is 2. The van der Waals surface area contributed by atoms with Gasteiger partial charge in [-0.2, -0.15) is 5.10 Å². The predicted molar refractivity (Wildman–Crippen MR) is 96.1 cm³/mol. The molecule has 0 atom stereocenters. The molecule has 0 radical (unpaired) electrons. The second-order valence-electron chi connectivity index (χ2n) is 6.22. The summed E-state index contributed by atoms with van der Waals surface area (Å²) in [7, 11) is 0. The van der Waals surface area contributed by atoms with Gasteiger partial charge in [0.25, 0.3) is 5.91 Å². The molecule has 9 nitrogen and oxygen atoms in total. The topological polar surface area (TPSA) is 114 Å². The summed E-state index contributed by atoms with van der Waals surface area (Å²) in [5.41, 5.74) is 0.878. The summed E-state index contributed by atoms with van der Waals surface area (Å²) >= 11 is 0. The van der Waals surface area contributed by atoms with Crippen LogP contribution in [0.15, 0.2) is 24.3 Å². The number of nitrogens with one attached hydrogen (secondary N) is 2. The molecular weight excluding hydrogens is 352 g/mol. The molecule has 2 aromatic rings. The highest BCUT2D eigenvalue weighted by atomic mass is 16.6. The van der Waals surface area contributed by atoms with Gasteiger partial charge in [0.15, 0.2) is 12.3 Å². The molecule has 3 rings (SSSR count). The van der Waals surface area contributed by atoms with E-state index >= 15 is 0 Å². The number of likely N-dealkylation sites (tertiary alicyclic amines) is 1. The standard InChI is InChI=1S/C18H22N4O5/c1-2-26-18(25)22-9-7-12(8-10-22)19-15(23)11-27-17(24)16-13-5-3-4-6-14(13)20-21-16/h3-6,12H,2,7-11H2,1H3,(H,19,23)(H,20,21). The van der Waals surface area contributed by atoms with Gasteiger partial charge in [0, 0.05) is 24.5 Å². The Morgan fingerprint density at radius 3 is 2.70 bits per heavy atom. The van der Waals surface area contributed by atoms with Crippen LogP contribution in [0.4, 0.5) is 4.79 Å². The Hall–Kier alpha value is -3.10. The highest BCUT2D eigenvalue weighted by Gasteiger charge is 2.25. The van der Waals surface area contributed by atoms with Crippen molar-refractivity contribution in [3.8, 4) is 0 Å². The Labute approximate surface area is 156 Å². The lowest BCUT2D eigenvalue weighted by Crippen LogP contribution is -2.47. The largest absolute Gasteiger partial charge is 0.451 e. The van der Waals surface area contributed by atoms with Crippen LogP contribution >= 0.6 is 0 Å². The van der Waals surface area contributed by atoms with Gasteiger partial charge in [-0.25, -0.2) is 9.59 Å². The molecule has 1 saturated heterocycles. The zero-order valence-electron chi connectivity index (χ0n) is 15.1. The fourth-order valence-electron chi connectivity index (χ4n) is 3.01. The van der Waals surface area contributed by atoms with E-state index in [1.165, 1.54) is 0 Å². The zero-order chi connectivity index (χ0) is 19.2. The van der Waals surface area contributed by atoms with Crippen molar-refractivity contribution in [3.05, 3.63) is 30.0 Å². The van der Waals surface area contributed by atoms with Crippen LogP contribution in [0, 0.1) is 0 Å². The van der Waals surface area contributed by atoms with Crippen molar-refractivity contribution in [3.63, 3.8) is 0 Å². The Morgan fingerprint density at radius 1 is 1.22 bits per heavy atom. The van der Waals surface area contributed by atoms with E-state index in [9.17, 15) is 14.4 Å². The fourth-order valence-corrected chi connectivity index (χ4v) is 3.01. The average molecular weight is 374 g/mol. The molecule has 0 unspecified atom stereocenters. The summed E-state index contributed by atoms with van der Waals surface area (Å²) in [4.78, 5) is 37.5. The van der Waals surface area contributed by atoms with Gasteiger partial charge in [-0.1, -0.05) is 18.2 Å². The number of aromatic nitrogens is 2. The number of para-hydroxylation sites is 1. The van der Waals surface area contributed by atoms with Crippen molar-refractivity contribution in [2.24, 2.45) is 0 Å². The van der Waals surface area contributed by atoms with Gasteiger partial charge in [0.2, 0.25) is 0 Å². The third-order valence-corrected chi connectivity index (χ3v) is 4.38. The normalized spacial score (nSPS) is 14.8. The molecule has 0 spiro atoms. The number of hydrogen-bond donors (Lipinski definition) is 2. The van der Waals surface area contributed by atoms with E-state index in [2.05, 4.69) is 15.5 Å². The predicted octanol–water partition coefficient (Wildman–Crippen LogP) is 1.46. The molecule has 1 aliphatic heterocycles. The van der Waals surface area contributed by atoms with Crippen LogP contribution in [-0.2, 0) is 14.3 Å². The van der Waals surface area contributed by atoms with Crippen LogP contribution in [-0.4, -0.2) is 65.4 Å². The molecular formula is C18H22N4O5. The van der Waals surface area contributed by atoms with Crippen molar-refractivity contribution in [1.82, 2.24) is 20.4 Å². The summed E-state index contributed by atoms with van der Waals surface area (Å²) in [6, 6.07) is 7.12. The lowest BCUT2D eigenvalue weighted by atomic mass is 10.1. The van der Waals surface area contributed by atoms with E-state index < -0.39 is 5.97 Å². The molecule has 1 aromatic carbocycles. The fraction of sp³-hybridized carbons (Fsp3) is 0.444. The summed E-state index contributed by atoms with van der Waals surface area (Å²) < 4.78 is 10.0. The SMILES string of the molecule is CCOC(=O)N1CCC(NC(=O)COC(=O)c2n[nH]c3ccccc23)CC1. The summed E-state index contributed by atoms with van der Waals surface area (Å²) in [5, 5.41) is 10.2. The first kappa shape index (κ1) is 18.7. The third kappa shape index (κ3) is 4.55. The molecule has 2 heterocycles. The number of nitrogens with zero attached hydrogens (tertiary/aromatic N) is 2. The van der Waals surface area contributed by atoms with Crippen LogP contribution in [0.1, 0.15) is 30.3 Å². The molecule has 1 aliphatic rings. The number of fused-ring (bicyclic) bond motifs is 1. The van der Waals surface area contributed by atoms with Gasteiger partial charge in [-0.15, -0.1) is 0 Å². The van der Waals surface area contributed by atoms with E-state index in [-0.39, 0.29) is 30.3 Å². The first-order valence-corrected chi connectivity index (χ1v) is 8.89. The minimum Gasteiger partial charge on any atom is -0.451 e. The van der Waals surface area contributed by atoms with Crippen LogP contribution < -0.4 is 5.32 Å². The minimum atomic E-state index is -0.653. The molecule has 2 amide bonds. The molecule has 144 valence electrons. The van der Waals surface area contributed by atoms with Crippen LogP contribution in [0.3, 0.4) is 0 Å². The Balaban J connectivity index is 1.44. The van der Waals surface area contributed by atoms with E-state index in [0.29, 0.717) is 37.9 Å². The molecule has 0 aliphatic carbocycles. The van der Waals surface area contributed by atoms with Crippen LogP contribution in [0.25, 0.3) is 10.9 Å². The highest BCUT2D eigenvalue weighted by Crippen LogP contribution is 2.16. The highest BCUT2D eigenvalue weighted by molar-refractivity contribution is 6.02. The lowest BCUT2D eigenvalue weighted by Gasteiger charge is -2.31. The molecule has 27 heavy (non-hydrogen) atoms. The molecule has 1 fully saturated rings. The van der Waals surface area contributed by atoms with Crippen molar-refractivity contribution in [1.29, 1.82) is 0 Å². The summed E-state index contributed by atoms with van der Waals surface area (Å²) in [6.45, 7) is 2.76. The summed E-state index contributed by atoms with van der Waals surface area (Å²) in [6.07, 6.45) is 0.924. The smallest absolute Gasteiger partial charge is 0.409 e. The van der Waals surface area contributed by atoms with Crippen molar-refractivity contribution in [2.45, 2.75) is 25.8 Å². The van der Waals surface area contributed by atoms with Gasteiger partial charge in [0.1, 0.15) is 0 Å².